The molecule has 2 aliphatic rings. The Morgan fingerprint density at radius 3 is 2.85 bits per heavy atom. The van der Waals surface area contributed by atoms with Gasteiger partial charge in [-0.3, -0.25) is 14.7 Å². The number of benzene rings is 1. The molecule has 6 nitrogen and oxygen atoms in total. The van der Waals surface area contributed by atoms with E-state index in [9.17, 15) is 4.79 Å². The number of aromatic nitrogens is 2. The van der Waals surface area contributed by atoms with Gasteiger partial charge in [0.05, 0.1) is 12.8 Å². The summed E-state index contributed by atoms with van der Waals surface area (Å²) >= 11 is 0. The summed E-state index contributed by atoms with van der Waals surface area (Å²) < 4.78 is 5.60. The zero-order valence-corrected chi connectivity index (χ0v) is 16.2. The summed E-state index contributed by atoms with van der Waals surface area (Å²) in [6.07, 6.45) is 3.37. The van der Waals surface area contributed by atoms with Crippen LogP contribution in [-0.2, 0) is 6.54 Å². The van der Waals surface area contributed by atoms with Gasteiger partial charge in [-0.1, -0.05) is 18.2 Å². The first kappa shape index (κ1) is 18.0. The van der Waals surface area contributed by atoms with Crippen LogP contribution in [0.5, 0.6) is 5.75 Å². The molecule has 144 valence electrons. The molecule has 0 bridgehead atoms. The van der Waals surface area contributed by atoms with E-state index >= 15 is 0 Å². The molecular formula is C21H28N4O2. The van der Waals surface area contributed by atoms with Crippen LogP contribution in [0.25, 0.3) is 0 Å². The number of nitrogens with one attached hydrogen (secondary N) is 1. The van der Waals surface area contributed by atoms with Crippen molar-refractivity contribution < 1.29 is 4.74 Å². The number of hydrogen-bond acceptors (Lipinski definition) is 5. The van der Waals surface area contributed by atoms with E-state index in [2.05, 4.69) is 39.9 Å². The summed E-state index contributed by atoms with van der Waals surface area (Å²) in [6.45, 7) is 6.84. The topological polar surface area (TPSA) is 61.5 Å². The molecule has 27 heavy (non-hydrogen) atoms. The monoisotopic (exact) mass is 368 g/mol. The maximum Gasteiger partial charge on any atom is 0.252 e. The van der Waals surface area contributed by atoms with Crippen molar-refractivity contribution in [3.05, 3.63) is 51.4 Å². The minimum absolute atomic E-state index is 0.0410. The average molecular weight is 368 g/mol. The van der Waals surface area contributed by atoms with Gasteiger partial charge in [-0.2, -0.15) is 0 Å². The molecule has 6 heteroatoms. The average Bonchev–Trinajstić information content (AvgIpc) is 3.34. The molecule has 4 rings (SSSR count). The van der Waals surface area contributed by atoms with Gasteiger partial charge in [-0.25, -0.2) is 4.98 Å². The molecular weight excluding hydrogens is 340 g/mol. The van der Waals surface area contributed by atoms with Crippen molar-refractivity contribution in [2.75, 3.05) is 38.2 Å². The Hall–Kier alpha value is -2.34. The van der Waals surface area contributed by atoms with Crippen molar-refractivity contribution >= 4 is 5.95 Å². The lowest BCUT2D eigenvalue weighted by Gasteiger charge is -2.20. The molecule has 0 amide bonds. The van der Waals surface area contributed by atoms with Gasteiger partial charge in [-0.05, 0) is 38.3 Å². The number of ether oxygens (including phenoxy) is 1. The van der Waals surface area contributed by atoms with E-state index in [4.69, 9.17) is 9.72 Å². The molecule has 1 unspecified atom stereocenters. The Bertz CT molecular complexity index is 858. The lowest BCUT2D eigenvalue weighted by atomic mass is 10.0. The maximum atomic E-state index is 12.2. The molecule has 2 saturated heterocycles. The molecule has 3 heterocycles. The molecule has 1 aromatic heterocycles. The molecule has 0 spiro atoms. The molecule has 0 radical (unpaired) electrons. The third-order valence-corrected chi connectivity index (χ3v) is 5.74. The van der Waals surface area contributed by atoms with Gasteiger partial charge >= 0.3 is 0 Å². The Morgan fingerprint density at radius 2 is 2.07 bits per heavy atom. The lowest BCUT2D eigenvalue weighted by Crippen LogP contribution is -2.25. The van der Waals surface area contributed by atoms with Gasteiger partial charge in [0.15, 0.2) is 0 Å². The van der Waals surface area contributed by atoms with Crippen LogP contribution >= 0.6 is 0 Å². The Morgan fingerprint density at radius 1 is 1.26 bits per heavy atom. The third-order valence-electron chi connectivity index (χ3n) is 5.74. The number of methoxy groups -OCH3 is 1. The number of H-pyrrole nitrogens is 1. The first-order valence-corrected chi connectivity index (χ1v) is 9.85. The Labute approximate surface area is 160 Å². The normalized spacial score (nSPS) is 20.4. The summed E-state index contributed by atoms with van der Waals surface area (Å²) in [6, 6.07) is 7.98. The quantitative estimate of drug-likeness (QED) is 0.879. The predicted molar refractivity (Wildman–Crippen MR) is 107 cm³/mol. The number of likely N-dealkylation sites (tertiary alicyclic amines) is 1. The molecule has 1 atom stereocenters. The molecule has 1 N–H and O–H groups in total. The van der Waals surface area contributed by atoms with Gasteiger partial charge in [0.2, 0.25) is 5.95 Å². The number of nitrogens with zero attached hydrogens (tertiary/aromatic N) is 3. The second-order valence-electron chi connectivity index (χ2n) is 7.68. The third kappa shape index (κ3) is 3.86. The van der Waals surface area contributed by atoms with Crippen molar-refractivity contribution in [1.29, 1.82) is 0 Å². The van der Waals surface area contributed by atoms with Crippen LogP contribution in [0.2, 0.25) is 0 Å². The van der Waals surface area contributed by atoms with Crippen LogP contribution in [0, 0.1) is 6.92 Å². The molecule has 1 aromatic carbocycles. The van der Waals surface area contributed by atoms with Gasteiger partial charge in [-0.15, -0.1) is 0 Å². The Balaban J connectivity index is 1.48. The summed E-state index contributed by atoms with van der Waals surface area (Å²) in [7, 11) is 1.73. The van der Waals surface area contributed by atoms with E-state index < -0.39 is 0 Å². The minimum Gasteiger partial charge on any atom is -0.496 e. The van der Waals surface area contributed by atoms with E-state index in [0.29, 0.717) is 5.92 Å². The first-order valence-electron chi connectivity index (χ1n) is 9.85. The Kier molecular flexibility index (Phi) is 5.16. The fourth-order valence-electron chi connectivity index (χ4n) is 4.34. The van der Waals surface area contributed by atoms with Crippen molar-refractivity contribution in [2.45, 2.75) is 38.6 Å². The first-order chi connectivity index (χ1) is 13.1. The smallest absolute Gasteiger partial charge is 0.252 e. The SMILES string of the molecule is COc1c(C)cccc1CN1CCC(c2cc(=O)[nH]c(N3CCCC3)n2)C1. The van der Waals surface area contributed by atoms with E-state index in [0.717, 1.165) is 62.1 Å². The maximum absolute atomic E-state index is 12.2. The fraction of sp³-hybridized carbons (Fsp3) is 0.524. The predicted octanol–water partition coefficient (Wildman–Crippen LogP) is 2.68. The summed E-state index contributed by atoms with van der Waals surface area (Å²) in [5, 5.41) is 0. The van der Waals surface area contributed by atoms with Crippen LogP contribution in [0.1, 0.15) is 42.0 Å². The second-order valence-corrected chi connectivity index (χ2v) is 7.68. The van der Waals surface area contributed by atoms with E-state index in [1.807, 2.05) is 0 Å². The molecule has 0 aliphatic carbocycles. The van der Waals surface area contributed by atoms with Crippen LogP contribution in [0.15, 0.2) is 29.1 Å². The van der Waals surface area contributed by atoms with Gasteiger partial charge < -0.3 is 9.64 Å². The number of anilines is 1. The van der Waals surface area contributed by atoms with E-state index in [1.165, 1.54) is 18.4 Å². The number of aromatic amines is 1. The number of rotatable bonds is 5. The molecule has 2 aliphatic heterocycles. The van der Waals surface area contributed by atoms with Gasteiger partial charge in [0, 0.05) is 43.7 Å². The van der Waals surface area contributed by atoms with Crippen LogP contribution in [0.4, 0.5) is 5.95 Å². The zero-order valence-electron chi connectivity index (χ0n) is 16.2. The van der Waals surface area contributed by atoms with Crippen molar-refractivity contribution in [1.82, 2.24) is 14.9 Å². The molecule has 2 aromatic rings. The summed E-state index contributed by atoms with van der Waals surface area (Å²) in [4.78, 5) is 24.5. The van der Waals surface area contributed by atoms with Crippen molar-refractivity contribution in [3.8, 4) is 5.75 Å². The van der Waals surface area contributed by atoms with Crippen LogP contribution < -0.4 is 15.2 Å². The summed E-state index contributed by atoms with van der Waals surface area (Å²) in [5.74, 6) is 2.03. The van der Waals surface area contributed by atoms with Crippen LogP contribution in [-0.4, -0.2) is 48.2 Å². The number of aryl methyl sites for hydroxylation is 1. The fourth-order valence-corrected chi connectivity index (χ4v) is 4.34. The largest absolute Gasteiger partial charge is 0.496 e. The highest BCUT2D eigenvalue weighted by Gasteiger charge is 2.27. The standard InChI is InChI=1S/C21H28N4O2/c1-15-6-5-7-17(20(15)27-2)14-24-11-8-16(13-24)18-12-19(26)23-21(22-18)25-9-3-4-10-25/h5-7,12,16H,3-4,8-11,13-14H2,1-2H3,(H,22,23,26). The van der Waals surface area contributed by atoms with E-state index in [-0.39, 0.29) is 5.56 Å². The highest BCUT2D eigenvalue weighted by molar-refractivity contribution is 5.40. The highest BCUT2D eigenvalue weighted by atomic mass is 16.5. The van der Waals surface area contributed by atoms with Crippen LogP contribution in [0.3, 0.4) is 0 Å². The molecule has 2 fully saturated rings. The van der Waals surface area contributed by atoms with Gasteiger partial charge in [0.1, 0.15) is 5.75 Å². The summed E-state index contributed by atoms with van der Waals surface area (Å²) in [5.41, 5.74) is 3.27. The van der Waals surface area contributed by atoms with E-state index in [1.54, 1.807) is 13.2 Å². The second kappa shape index (κ2) is 7.72. The highest BCUT2D eigenvalue weighted by Crippen LogP contribution is 2.30. The number of para-hydroxylation sites is 1. The zero-order chi connectivity index (χ0) is 18.8. The van der Waals surface area contributed by atoms with Crippen molar-refractivity contribution in [2.24, 2.45) is 0 Å². The molecule has 0 saturated carbocycles. The number of hydrogen-bond donors (Lipinski definition) is 1. The minimum atomic E-state index is -0.0410. The van der Waals surface area contributed by atoms with Crippen molar-refractivity contribution in [3.63, 3.8) is 0 Å². The lowest BCUT2D eigenvalue weighted by molar-refractivity contribution is 0.316. The van der Waals surface area contributed by atoms with Gasteiger partial charge in [0.25, 0.3) is 5.56 Å².